The number of aryl methyl sites for hydroxylation is 3. The van der Waals surface area contributed by atoms with Crippen LogP contribution in [-0.4, -0.2) is 9.97 Å². The van der Waals surface area contributed by atoms with Gasteiger partial charge in [-0.3, -0.25) is 9.97 Å². The fraction of sp³-hybridized carbons (Fsp3) is 0.444. The smallest absolute Gasteiger partial charge is 0.144 e. The molecule has 122 valence electrons. The minimum absolute atomic E-state index is 0.227. The number of hydrogen-bond acceptors (Lipinski definition) is 2. The summed E-state index contributed by atoms with van der Waals surface area (Å²) < 4.78 is 25.1. The van der Waals surface area contributed by atoms with Crippen LogP contribution in [-0.2, 0) is 0 Å². The number of nitrogens with zero attached hydrogens (tertiary/aromatic N) is 2. The molecule has 22 heavy (non-hydrogen) atoms. The molecular formula is C18H26F2N2. The van der Waals surface area contributed by atoms with Gasteiger partial charge in [0.15, 0.2) is 0 Å². The second kappa shape index (κ2) is 9.98. The molecule has 0 radical (unpaired) electrons. The van der Waals surface area contributed by atoms with Crippen molar-refractivity contribution in [2.45, 2.75) is 54.4 Å². The number of hydrogen-bond donors (Lipinski definition) is 0. The van der Waals surface area contributed by atoms with Gasteiger partial charge in [0.1, 0.15) is 11.6 Å². The predicted octanol–water partition coefficient (Wildman–Crippen LogP) is 5.52. The van der Waals surface area contributed by atoms with Crippen LogP contribution in [0.4, 0.5) is 8.78 Å². The quantitative estimate of drug-likeness (QED) is 0.693. The van der Waals surface area contributed by atoms with Gasteiger partial charge in [-0.15, -0.1) is 0 Å². The predicted molar refractivity (Wildman–Crippen MR) is 88.0 cm³/mol. The first-order valence-corrected chi connectivity index (χ1v) is 7.54. The van der Waals surface area contributed by atoms with Crippen LogP contribution in [0.3, 0.4) is 0 Å². The van der Waals surface area contributed by atoms with Crippen molar-refractivity contribution in [2.24, 2.45) is 0 Å². The third-order valence-corrected chi connectivity index (χ3v) is 2.79. The Hall–Kier alpha value is -1.84. The first kappa shape index (κ1) is 20.2. The van der Waals surface area contributed by atoms with Crippen LogP contribution in [0.1, 0.15) is 56.4 Å². The van der Waals surface area contributed by atoms with E-state index < -0.39 is 0 Å². The SMILES string of the molecule is CC.Cc1ccc(F)c(C)n1.Cc1nc(C(C)C)ccc1F. The van der Waals surface area contributed by atoms with Crippen LogP contribution < -0.4 is 0 Å². The summed E-state index contributed by atoms with van der Waals surface area (Å²) in [4.78, 5) is 8.00. The summed E-state index contributed by atoms with van der Waals surface area (Å²) in [5.41, 5.74) is 2.75. The monoisotopic (exact) mass is 308 g/mol. The highest BCUT2D eigenvalue weighted by Gasteiger charge is 2.03. The summed E-state index contributed by atoms with van der Waals surface area (Å²) >= 11 is 0. The van der Waals surface area contributed by atoms with Crippen molar-refractivity contribution in [3.05, 3.63) is 58.7 Å². The summed E-state index contributed by atoms with van der Waals surface area (Å²) in [6.45, 7) is 13.3. The third kappa shape index (κ3) is 6.74. The number of rotatable bonds is 1. The van der Waals surface area contributed by atoms with Gasteiger partial charge in [-0.2, -0.15) is 0 Å². The van der Waals surface area contributed by atoms with Crippen molar-refractivity contribution >= 4 is 0 Å². The van der Waals surface area contributed by atoms with Gasteiger partial charge in [0.05, 0.1) is 11.4 Å². The Kier molecular flexibility index (Phi) is 9.15. The van der Waals surface area contributed by atoms with Crippen LogP contribution in [0.25, 0.3) is 0 Å². The Balaban J connectivity index is 0.000000366. The zero-order chi connectivity index (χ0) is 17.3. The van der Waals surface area contributed by atoms with Crippen LogP contribution in [0.2, 0.25) is 0 Å². The molecule has 0 N–H and O–H groups in total. The van der Waals surface area contributed by atoms with E-state index in [0.717, 1.165) is 11.4 Å². The summed E-state index contributed by atoms with van der Waals surface area (Å²) in [7, 11) is 0. The molecule has 2 aromatic rings. The summed E-state index contributed by atoms with van der Waals surface area (Å²) in [6.07, 6.45) is 0. The zero-order valence-corrected chi connectivity index (χ0v) is 14.5. The highest BCUT2D eigenvalue weighted by atomic mass is 19.1. The maximum absolute atomic E-state index is 12.7. The van der Waals surface area contributed by atoms with Crippen molar-refractivity contribution < 1.29 is 8.78 Å². The average Bonchev–Trinajstić information content (AvgIpc) is 2.49. The average molecular weight is 308 g/mol. The van der Waals surface area contributed by atoms with E-state index in [0.29, 0.717) is 17.3 Å². The molecule has 0 saturated carbocycles. The van der Waals surface area contributed by atoms with E-state index in [9.17, 15) is 8.78 Å². The zero-order valence-electron chi connectivity index (χ0n) is 14.5. The molecular weight excluding hydrogens is 282 g/mol. The highest BCUT2D eigenvalue weighted by Crippen LogP contribution is 2.13. The molecule has 2 heterocycles. The van der Waals surface area contributed by atoms with Crippen molar-refractivity contribution in [2.75, 3.05) is 0 Å². The topological polar surface area (TPSA) is 25.8 Å². The van der Waals surface area contributed by atoms with E-state index in [1.807, 2.05) is 34.6 Å². The Morgan fingerprint density at radius 1 is 0.773 bits per heavy atom. The van der Waals surface area contributed by atoms with Crippen molar-refractivity contribution in [1.82, 2.24) is 9.97 Å². The lowest BCUT2D eigenvalue weighted by Crippen LogP contribution is -1.96. The molecule has 0 aliphatic carbocycles. The van der Waals surface area contributed by atoms with Crippen LogP contribution >= 0.6 is 0 Å². The molecule has 0 atom stereocenters. The van der Waals surface area contributed by atoms with Gasteiger partial charge in [0.2, 0.25) is 0 Å². The molecule has 2 nitrogen and oxygen atoms in total. The van der Waals surface area contributed by atoms with Gasteiger partial charge in [-0.1, -0.05) is 27.7 Å². The van der Waals surface area contributed by atoms with Gasteiger partial charge >= 0.3 is 0 Å². The van der Waals surface area contributed by atoms with E-state index in [2.05, 4.69) is 9.97 Å². The van der Waals surface area contributed by atoms with Gasteiger partial charge in [-0.25, -0.2) is 8.78 Å². The molecule has 0 aromatic carbocycles. The van der Waals surface area contributed by atoms with E-state index in [-0.39, 0.29) is 11.6 Å². The molecule has 0 saturated heterocycles. The van der Waals surface area contributed by atoms with Crippen LogP contribution in [0, 0.1) is 32.4 Å². The molecule has 4 heteroatoms. The number of aromatic nitrogens is 2. The maximum atomic E-state index is 12.7. The van der Waals surface area contributed by atoms with E-state index in [1.165, 1.54) is 12.1 Å². The first-order valence-electron chi connectivity index (χ1n) is 7.54. The molecule has 0 bridgehead atoms. The lowest BCUT2D eigenvalue weighted by molar-refractivity contribution is 0.604. The van der Waals surface area contributed by atoms with Gasteiger partial charge in [-0.05, 0) is 51.0 Å². The summed E-state index contributed by atoms with van der Waals surface area (Å²) in [5, 5.41) is 0. The largest absolute Gasteiger partial charge is 0.255 e. The van der Waals surface area contributed by atoms with Gasteiger partial charge in [0.25, 0.3) is 0 Å². The van der Waals surface area contributed by atoms with E-state index in [4.69, 9.17) is 0 Å². The van der Waals surface area contributed by atoms with Gasteiger partial charge in [0, 0.05) is 11.4 Å². The van der Waals surface area contributed by atoms with Crippen molar-refractivity contribution in [3.8, 4) is 0 Å². The molecule has 2 aromatic heterocycles. The number of pyridine rings is 2. The highest BCUT2D eigenvalue weighted by molar-refractivity contribution is 5.14. The summed E-state index contributed by atoms with van der Waals surface area (Å²) in [6, 6.07) is 6.28. The Bertz CT molecular complexity index is 581. The van der Waals surface area contributed by atoms with Gasteiger partial charge < -0.3 is 0 Å². The molecule has 0 aliphatic rings. The Labute approximate surface area is 132 Å². The second-order valence-corrected chi connectivity index (χ2v) is 4.98. The lowest BCUT2D eigenvalue weighted by Gasteiger charge is -2.04. The third-order valence-electron chi connectivity index (χ3n) is 2.79. The molecule has 0 fully saturated rings. The number of halogens is 2. The Morgan fingerprint density at radius 3 is 1.59 bits per heavy atom. The maximum Gasteiger partial charge on any atom is 0.144 e. The molecule has 0 spiro atoms. The van der Waals surface area contributed by atoms with E-state index >= 15 is 0 Å². The fourth-order valence-electron chi connectivity index (χ4n) is 1.55. The lowest BCUT2D eigenvalue weighted by atomic mass is 10.1. The van der Waals surface area contributed by atoms with E-state index in [1.54, 1.807) is 26.0 Å². The fourth-order valence-corrected chi connectivity index (χ4v) is 1.55. The van der Waals surface area contributed by atoms with Crippen molar-refractivity contribution in [1.29, 1.82) is 0 Å². The molecule has 0 unspecified atom stereocenters. The minimum Gasteiger partial charge on any atom is -0.255 e. The molecule has 0 aliphatic heterocycles. The summed E-state index contributed by atoms with van der Waals surface area (Å²) in [5.74, 6) is -0.0932. The normalized spacial score (nSPS) is 9.55. The standard InChI is InChI=1S/C9H12FN.C7H8FN.C2H6/c1-6(2)9-5-4-8(10)7(3)11-9;1-5-3-4-7(8)6(2)9-5;1-2/h4-6H,1-3H3;3-4H,1-2H3;1-2H3. The first-order chi connectivity index (χ1) is 10.3. The molecule has 0 amide bonds. The Morgan fingerprint density at radius 2 is 1.23 bits per heavy atom. The van der Waals surface area contributed by atoms with Crippen molar-refractivity contribution in [3.63, 3.8) is 0 Å². The second-order valence-electron chi connectivity index (χ2n) is 4.98. The minimum atomic E-state index is -0.236. The van der Waals surface area contributed by atoms with Crippen LogP contribution in [0.15, 0.2) is 24.3 Å². The van der Waals surface area contributed by atoms with Crippen LogP contribution in [0.5, 0.6) is 0 Å². The molecule has 2 rings (SSSR count).